The summed E-state index contributed by atoms with van der Waals surface area (Å²) < 4.78 is 10.6. The first-order valence-electron chi connectivity index (χ1n) is 9.31. The van der Waals surface area contributed by atoms with E-state index in [2.05, 4.69) is 5.32 Å². The van der Waals surface area contributed by atoms with Crippen LogP contribution in [0, 0.1) is 0 Å². The summed E-state index contributed by atoms with van der Waals surface area (Å²) in [6, 6.07) is 14.4. The Hall–Kier alpha value is -2.86. The van der Waals surface area contributed by atoms with Gasteiger partial charge in [0.25, 0.3) is 5.91 Å². The van der Waals surface area contributed by atoms with Gasteiger partial charge in [0, 0.05) is 17.8 Å². The molecule has 1 aliphatic rings. The summed E-state index contributed by atoms with van der Waals surface area (Å²) in [5, 5.41) is 2.87. The van der Waals surface area contributed by atoms with Crippen LogP contribution in [0.1, 0.15) is 29.8 Å². The van der Waals surface area contributed by atoms with Crippen LogP contribution in [-0.2, 0) is 16.0 Å². The van der Waals surface area contributed by atoms with E-state index in [1.54, 1.807) is 31.4 Å². The lowest BCUT2D eigenvalue weighted by Crippen LogP contribution is -2.55. The number of hydrogen-bond acceptors (Lipinski definition) is 4. The molecule has 6 nitrogen and oxygen atoms in total. The van der Waals surface area contributed by atoms with Crippen LogP contribution >= 0.6 is 0 Å². The van der Waals surface area contributed by atoms with Gasteiger partial charge in [0.15, 0.2) is 0 Å². The number of anilines is 1. The topological polar surface area (TPSA) is 67.9 Å². The van der Waals surface area contributed by atoms with Gasteiger partial charge < -0.3 is 19.7 Å². The third kappa shape index (κ3) is 4.70. The number of methoxy groups -OCH3 is 1. The van der Waals surface area contributed by atoms with Crippen LogP contribution in [0.4, 0.5) is 5.69 Å². The molecule has 1 saturated heterocycles. The maximum absolute atomic E-state index is 13.0. The van der Waals surface area contributed by atoms with E-state index in [4.69, 9.17) is 9.47 Å². The predicted octanol–water partition coefficient (Wildman–Crippen LogP) is 3.13. The highest BCUT2D eigenvalue weighted by Crippen LogP contribution is 2.23. The van der Waals surface area contributed by atoms with Crippen LogP contribution in [0.25, 0.3) is 0 Å². The quantitative estimate of drug-likeness (QED) is 0.863. The van der Waals surface area contributed by atoms with Gasteiger partial charge in [-0.2, -0.15) is 0 Å². The highest BCUT2D eigenvalue weighted by molar-refractivity contribution is 5.98. The van der Waals surface area contributed by atoms with Crippen LogP contribution in [-0.4, -0.2) is 49.1 Å². The third-order valence-corrected chi connectivity index (χ3v) is 4.81. The molecule has 1 heterocycles. The van der Waals surface area contributed by atoms with Crippen molar-refractivity contribution in [2.45, 2.75) is 25.8 Å². The number of benzene rings is 2. The highest BCUT2D eigenvalue weighted by atomic mass is 16.5. The summed E-state index contributed by atoms with van der Waals surface area (Å²) in [5.74, 6) is 0.558. The Balaban J connectivity index is 1.67. The average Bonchev–Trinajstić information content (AvgIpc) is 2.68. The number of nitrogens with zero attached hydrogens (tertiary/aromatic N) is 1. The van der Waals surface area contributed by atoms with Crippen molar-refractivity contribution in [3.8, 4) is 5.75 Å². The van der Waals surface area contributed by atoms with Gasteiger partial charge in [-0.3, -0.25) is 9.59 Å². The van der Waals surface area contributed by atoms with Gasteiger partial charge in [0.2, 0.25) is 5.91 Å². The summed E-state index contributed by atoms with van der Waals surface area (Å²) in [6.45, 7) is 5.58. The van der Waals surface area contributed by atoms with Gasteiger partial charge in [-0.25, -0.2) is 0 Å². The van der Waals surface area contributed by atoms with Crippen molar-refractivity contribution in [1.82, 2.24) is 4.90 Å². The Labute approximate surface area is 165 Å². The van der Waals surface area contributed by atoms with E-state index in [0.29, 0.717) is 31.0 Å². The van der Waals surface area contributed by atoms with Gasteiger partial charge in [-0.05, 0) is 49.7 Å². The lowest BCUT2D eigenvalue weighted by atomic mass is 10.0. The summed E-state index contributed by atoms with van der Waals surface area (Å²) >= 11 is 0. The molecular weight excluding hydrogens is 356 g/mol. The lowest BCUT2D eigenvalue weighted by Gasteiger charge is -2.42. The molecule has 1 N–H and O–H groups in total. The summed E-state index contributed by atoms with van der Waals surface area (Å²) in [7, 11) is 1.61. The standard InChI is InChI=1S/C22H26N2O4/c1-22(2)15-28-12-11-24(22)21(26)17-5-4-6-18(14-17)23-20(25)13-16-7-9-19(27-3)10-8-16/h4-10,14H,11-13,15H2,1-3H3,(H,23,25). The molecule has 2 aromatic rings. The second-order valence-electron chi connectivity index (χ2n) is 7.48. The predicted molar refractivity (Wildman–Crippen MR) is 108 cm³/mol. The molecule has 0 unspecified atom stereocenters. The van der Waals surface area contributed by atoms with E-state index >= 15 is 0 Å². The molecule has 148 valence electrons. The maximum Gasteiger partial charge on any atom is 0.254 e. The van der Waals surface area contributed by atoms with Gasteiger partial charge >= 0.3 is 0 Å². The summed E-state index contributed by atoms with van der Waals surface area (Å²) in [6.07, 6.45) is 0.249. The summed E-state index contributed by atoms with van der Waals surface area (Å²) in [5.41, 5.74) is 1.69. The largest absolute Gasteiger partial charge is 0.497 e. The van der Waals surface area contributed by atoms with Crippen LogP contribution in [0.5, 0.6) is 5.75 Å². The number of nitrogens with one attached hydrogen (secondary N) is 1. The van der Waals surface area contributed by atoms with Gasteiger partial charge in [0.1, 0.15) is 5.75 Å². The maximum atomic E-state index is 13.0. The van der Waals surface area contributed by atoms with Crippen LogP contribution in [0.15, 0.2) is 48.5 Å². The van der Waals surface area contributed by atoms with Crippen LogP contribution < -0.4 is 10.1 Å². The molecular formula is C22H26N2O4. The molecule has 0 aliphatic carbocycles. The van der Waals surface area contributed by atoms with Gasteiger partial charge in [-0.1, -0.05) is 18.2 Å². The average molecular weight is 382 g/mol. The van der Waals surface area contributed by atoms with Crippen molar-refractivity contribution in [3.05, 3.63) is 59.7 Å². The lowest BCUT2D eigenvalue weighted by molar-refractivity contribution is -0.115. The number of carbonyl (C=O) groups is 2. The molecule has 0 atom stereocenters. The minimum atomic E-state index is -0.358. The third-order valence-electron chi connectivity index (χ3n) is 4.81. The zero-order valence-corrected chi connectivity index (χ0v) is 16.5. The fourth-order valence-corrected chi connectivity index (χ4v) is 3.25. The fourth-order valence-electron chi connectivity index (χ4n) is 3.25. The van der Waals surface area contributed by atoms with E-state index in [9.17, 15) is 9.59 Å². The van der Waals surface area contributed by atoms with Gasteiger partial charge in [0.05, 0.1) is 32.3 Å². The second kappa shape index (κ2) is 8.44. The smallest absolute Gasteiger partial charge is 0.254 e. The molecule has 0 radical (unpaired) electrons. The molecule has 1 aliphatic heterocycles. The molecule has 2 aromatic carbocycles. The van der Waals surface area contributed by atoms with Crippen molar-refractivity contribution >= 4 is 17.5 Å². The van der Waals surface area contributed by atoms with Crippen LogP contribution in [0.3, 0.4) is 0 Å². The normalized spacial score (nSPS) is 15.8. The number of rotatable bonds is 5. The number of morpholine rings is 1. The van der Waals surface area contributed by atoms with Gasteiger partial charge in [-0.15, -0.1) is 0 Å². The van der Waals surface area contributed by atoms with Crippen molar-refractivity contribution in [2.24, 2.45) is 0 Å². The van der Waals surface area contributed by atoms with Crippen molar-refractivity contribution in [1.29, 1.82) is 0 Å². The molecule has 6 heteroatoms. The Morgan fingerprint density at radius 1 is 1.18 bits per heavy atom. The Bertz CT molecular complexity index is 846. The minimum Gasteiger partial charge on any atom is -0.497 e. The monoisotopic (exact) mass is 382 g/mol. The van der Waals surface area contributed by atoms with Crippen molar-refractivity contribution in [3.63, 3.8) is 0 Å². The minimum absolute atomic E-state index is 0.0560. The molecule has 0 bridgehead atoms. The first-order chi connectivity index (χ1) is 13.4. The Morgan fingerprint density at radius 2 is 1.93 bits per heavy atom. The molecule has 2 amide bonds. The van der Waals surface area contributed by atoms with E-state index in [1.165, 1.54) is 0 Å². The van der Waals surface area contributed by atoms with E-state index in [1.807, 2.05) is 43.0 Å². The van der Waals surface area contributed by atoms with Crippen molar-refractivity contribution in [2.75, 3.05) is 32.2 Å². The van der Waals surface area contributed by atoms with Crippen molar-refractivity contribution < 1.29 is 19.1 Å². The van der Waals surface area contributed by atoms with E-state index < -0.39 is 0 Å². The molecule has 3 rings (SSSR count). The van der Waals surface area contributed by atoms with E-state index in [-0.39, 0.29) is 23.8 Å². The first kappa shape index (κ1) is 19.9. The molecule has 1 fully saturated rings. The zero-order valence-electron chi connectivity index (χ0n) is 16.5. The Kier molecular flexibility index (Phi) is 5.99. The first-order valence-corrected chi connectivity index (χ1v) is 9.31. The number of amides is 2. The second-order valence-corrected chi connectivity index (χ2v) is 7.48. The van der Waals surface area contributed by atoms with E-state index in [0.717, 1.165) is 11.3 Å². The number of hydrogen-bond donors (Lipinski definition) is 1. The van der Waals surface area contributed by atoms with Crippen LogP contribution in [0.2, 0.25) is 0 Å². The fraction of sp³-hybridized carbons (Fsp3) is 0.364. The number of ether oxygens (including phenoxy) is 2. The SMILES string of the molecule is COc1ccc(CC(=O)Nc2cccc(C(=O)N3CCOCC3(C)C)c2)cc1. The number of carbonyl (C=O) groups excluding carboxylic acids is 2. The molecule has 0 aromatic heterocycles. The Morgan fingerprint density at radius 3 is 2.61 bits per heavy atom. The summed E-state index contributed by atoms with van der Waals surface area (Å²) in [4.78, 5) is 27.1. The molecule has 0 saturated carbocycles. The molecule has 0 spiro atoms. The zero-order chi connectivity index (χ0) is 20.1. The molecule has 28 heavy (non-hydrogen) atoms. The highest BCUT2D eigenvalue weighted by Gasteiger charge is 2.34.